The van der Waals surface area contributed by atoms with E-state index in [1.807, 2.05) is 0 Å². The van der Waals surface area contributed by atoms with Crippen molar-refractivity contribution < 1.29 is 15.0 Å². The van der Waals surface area contributed by atoms with Crippen molar-refractivity contribution in [2.45, 2.75) is 77.7 Å². The molecule has 1 unspecified atom stereocenters. The van der Waals surface area contributed by atoms with Crippen LogP contribution in [0.15, 0.2) is 77.0 Å². The summed E-state index contributed by atoms with van der Waals surface area (Å²) < 4.78 is 0. The zero-order valence-corrected chi connectivity index (χ0v) is 21.5. The summed E-state index contributed by atoms with van der Waals surface area (Å²) >= 11 is 0. The van der Waals surface area contributed by atoms with Gasteiger partial charge in [-0.3, -0.25) is 4.99 Å². The van der Waals surface area contributed by atoms with Gasteiger partial charge in [0.1, 0.15) is 5.76 Å². The molecule has 36 heavy (non-hydrogen) atoms. The Morgan fingerprint density at radius 1 is 0.889 bits per heavy atom. The normalized spacial score (nSPS) is 15.0. The van der Waals surface area contributed by atoms with Crippen LogP contribution in [-0.4, -0.2) is 27.9 Å². The van der Waals surface area contributed by atoms with Crippen LogP contribution < -0.4 is 0 Å². The lowest BCUT2D eigenvalue weighted by Crippen LogP contribution is -2.16. The molecule has 0 bridgehead atoms. The Morgan fingerprint density at radius 2 is 1.50 bits per heavy atom. The van der Waals surface area contributed by atoms with Crippen molar-refractivity contribution in [3.8, 4) is 11.8 Å². The van der Waals surface area contributed by atoms with Gasteiger partial charge in [0, 0.05) is 23.3 Å². The van der Waals surface area contributed by atoms with E-state index in [0.29, 0.717) is 5.71 Å². The molecule has 0 fully saturated rings. The average molecular weight is 484 g/mol. The van der Waals surface area contributed by atoms with Gasteiger partial charge in [0.2, 0.25) is 0 Å². The number of aliphatic imine (C=N–C) groups is 1. The molecule has 4 nitrogen and oxygen atoms in total. The van der Waals surface area contributed by atoms with E-state index in [9.17, 15) is 15.0 Å². The maximum Gasteiger partial charge on any atom is 0.335 e. The molecule has 3 rings (SSSR count). The minimum atomic E-state index is -1.10. The molecule has 1 aliphatic rings. The fraction of sp³-hybridized carbons (Fsp3) is 0.375. The number of aliphatic hydroxyl groups excluding tert-OH is 1. The number of nitrogens with zero attached hydrogens (tertiary/aromatic N) is 1. The number of carboxylic acids is 1. The second-order valence-corrected chi connectivity index (χ2v) is 9.40. The number of rotatable bonds is 11. The van der Waals surface area contributed by atoms with E-state index >= 15 is 0 Å². The largest absolute Gasteiger partial charge is 0.507 e. The Hall–Kier alpha value is -3.58. The Morgan fingerprint density at radius 3 is 2.08 bits per heavy atom. The zero-order chi connectivity index (χ0) is 25.8. The summed E-state index contributed by atoms with van der Waals surface area (Å²) in [5, 5.41) is 19.2. The van der Waals surface area contributed by atoms with Crippen molar-refractivity contribution in [1.82, 2.24) is 0 Å². The highest BCUT2D eigenvalue weighted by Crippen LogP contribution is 2.20. The zero-order valence-electron chi connectivity index (χ0n) is 21.5. The number of hydrogen-bond acceptors (Lipinski definition) is 3. The molecule has 0 amide bonds. The van der Waals surface area contributed by atoms with E-state index in [2.05, 4.69) is 74.2 Å². The number of benzene rings is 2. The fourth-order valence-electron chi connectivity index (χ4n) is 4.23. The number of allylic oxidation sites excluding steroid dienone is 2. The highest BCUT2D eigenvalue weighted by Gasteiger charge is 2.19. The van der Waals surface area contributed by atoms with Crippen molar-refractivity contribution in [2.24, 2.45) is 4.99 Å². The molecule has 1 atom stereocenters. The number of aliphatic carboxylic acids is 1. The molecule has 2 aromatic rings. The minimum absolute atomic E-state index is 0.00193. The summed E-state index contributed by atoms with van der Waals surface area (Å²) in [6.07, 6.45) is 11.9. The van der Waals surface area contributed by atoms with Gasteiger partial charge in [0.15, 0.2) is 0 Å². The van der Waals surface area contributed by atoms with Crippen LogP contribution in [0.4, 0.5) is 0 Å². The van der Waals surface area contributed by atoms with Gasteiger partial charge in [-0.2, -0.15) is 0 Å². The molecule has 0 radical (unpaired) electrons. The monoisotopic (exact) mass is 483 g/mol. The second kappa shape index (κ2) is 14.1. The summed E-state index contributed by atoms with van der Waals surface area (Å²) in [4.78, 5) is 16.3. The average Bonchev–Trinajstić information content (AvgIpc) is 2.88. The third-order valence-corrected chi connectivity index (χ3v) is 6.40. The van der Waals surface area contributed by atoms with Crippen LogP contribution in [0.5, 0.6) is 0 Å². The lowest BCUT2D eigenvalue weighted by Gasteiger charge is -2.16. The van der Waals surface area contributed by atoms with Gasteiger partial charge in [-0.1, -0.05) is 75.6 Å². The number of aryl methyl sites for hydroxylation is 1. The predicted molar refractivity (Wildman–Crippen MR) is 148 cm³/mol. The molecular weight excluding hydrogens is 446 g/mol. The lowest BCUT2D eigenvalue weighted by atomic mass is 9.98. The smallest absolute Gasteiger partial charge is 0.335 e. The van der Waals surface area contributed by atoms with Crippen LogP contribution in [-0.2, 0) is 17.6 Å². The summed E-state index contributed by atoms with van der Waals surface area (Å²) in [7, 11) is 0. The highest BCUT2D eigenvalue weighted by atomic mass is 16.4. The van der Waals surface area contributed by atoms with Gasteiger partial charge in [0.05, 0.1) is 11.6 Å². The molecule has 0 saturated carbocycles. The van der Waals surface area contributed by atoms with Gasteiger partial charge < -0.3 is 10.2 Å². The van der Waals surface area contributed by atoms with Gasteiger partial charge >= 0.3 is 5.97 Å². The number of aliphatic hydroxyl groups is 1. The van der Waals surface area contributed by atoms with Crippen molar-refractivity contribution in [3.63, 3.8) is 0 Å². The Bertz CT molecular complexity index is 1160. The van der Waals surface area contributed by atoms with Gasteiger partial charge in [0.25, 0.3) is 0 Å². The number of carbonyl (C=O) groups is 1. The molecule has 0 saturated heterocycles. The van der Waals surface area contributed by atoms with Gasteiger partial charge in [-0.05, 0) is 73.2 Å². The molecule has 1 aliphatic carbocycles. The molecule has 0 spiro atoms. The third kappa shape index (κ3) is 8.57. The first-order valence-corrected chi connectivity index (χ1v) is 13.1. The van der Waals surface area contributed by atoms with Crippen molar-refractivity contribution in [2.75, 3.05) is 0 Å². The summed E-state index contributed by atoms with van der Waals surface area (Å²) in [6.45, 7) is 4.39. The van der Waals surface area contributed by atoms with Crippen LogP contribution in [0.2, 0.25) is 0 Å². The van der Waals surface area contributed by atoms with E-state index in [-0.39, 0.29) is 23.8 Å². The van der Waals surface area contributed by atoms with Crippen LogP contribution in [0.1, 0.15) is 81.0 Å². The number of hydrogen-bond donors (Lipinski definition) is 2. The first-order chi connectivity index (χ1) is 17.5. The highest BCUT2D eigenvalue weighted by molar-refractivity contribution is 6.05. The van der Waals surface area contributed by atoms with E-state index in [0.717, 1.165) is 49.7 Å². The molecule has 188 valence electrons. The van der Waals surface area contributed by atoms with E-state index < -0.39 is 5.97 Å². The van der Waals surface area contributed by atoms with Crippen LogP contribution in [0.25, 0.3) is 0 Å². The molecule has 2 aromatic carbocycles. The first-order valence-electron chi connectivity index (χ1n) is 13.1. The standard InChI is InChI=1S/C32H37NO3/c1-3-5-7-9-28(33-29-20-21-31(34)30(23-29)32(35)36)22-27-18-16-26(17-19-27)15-14-25-12-10-24(11-13-25)8-6-4-2/h10-13,16-21,28,34H,3-9,22-23H2,1-2H3,(H,35,36). The van der Waals surface area contributed by atoms with Crippen LogP contribution >= 0.6 is 0 Å². The number of unbranched alkanes of at least 4 members (excludes halogenated alkanes) is 3. The number of carboxylic acid groups (broad SMARTS) is 1. The summed E-state index contributed by atoms with van der Waals surface area (Å²) in [5.41, 5.74) is 5.25. The summed E-state index contributed by atoms with van der Waals surface area (Å²) in [6, 6.07) is 16.9. The Labute approximate surface area is 215 Å². The molecule has 0 aromatic heterocycles. The van der Waals surface area contributed by atoms with Crippen molar-refractivity contribution in [3.05, 3.63) is 94.3 Å². The van der Waals surface area contributed by atoms with E-state index in [4.69, 9.17) is 4.99 Å². The first kappa shape index (κ1) is 27.0. The van der Waals surface area contributed by atoms with Gasteiger partial charge in [-0.15, -0.1) is 0 Å². The minimum Gasteiger partial charge on any atom is -0.507 e. The molecule has 2 N–H and O–H groups in total. The Balaban J connectivity index is 1.66. The van der Waals surface area contributed by atoms with E-state index in [1.165, 1.54) is 30.0 Å². The topological polar surface area (TPSA) is 69.9 Å². The lowest BCUT2D eigenvalue weighted by molar-refractivity contribution is -0.132. The van der Waals surface area contributed by atoms with Crippen LogP contribution in [0, 0.1) is 11.8 Å². The predicted octanol–water partition coefficient (Wildman–Crippen LogP) is 7.22. The van der Waals surface area contributed by atoms with Crippen molar-refractivity contribution >= 4 is 11.7 Å². The third-order valence-electron chi connectivity index (χ3n) is 6.40. The molecule has 0 aliphatic heterocycles. The maximum absolute atomic E-state index is 11.4. The molecule has 0 heterocycles. The molecule has 4 heteroatoms. The molecular formula is C32H37NO3. The Kier molecular flexibility index (Phi) is 10.6. The SMILES string of the molecule is CCCCCC(Cc1ccc(C#Cc2ccc(CCCC)cc2)cc1)N=C1C=CC(O)=C(C(=O)O)C1. The van der Waals surface area contributed by atoms with Gasteiger partial charge in [-0.25, -0.2) is 4.79 Å². The van der Waals surface area contributed by atoms with E-state index in [1.54, 1.807) is 6.08 Å². The van der Waals surface area contributed by atoms with Crippen LogP contribution in [0.3, 0.4) is 0 Å². The maximum atomic E-state index is 11.4. The fourth-order valence-corrected chi connectivity index (χ4v) is 4.23. The van der Waals surface area contributed by atoms with Crippen molar-refractivity contribution in [1.29, 1.82) is 0 Å². The second-order valence-electron chi connectivity index (χ2n) is 9.40. The quantitative estimate of drug-likeness (QED) is 0.262. The summed E-state index contributed by atoms with van der Waals surface area (Å²) in [5.74, 6) is 5.23.